The number of pyridine rings is 1. The molecule has 0 fully saturated rings. The molecule has 2 N–H and O–H groups in total. The molecule has 3 nitrogen and oxygen atoms in total. The van der Waals surface area contributed by atoms with Crippen LogP contribution < -0.4 is 5.73 Å². The van der Waals surface area contributed by atoms with E-state index in [2.05, 4.69) is 232 Å². The SMILES string of the molecule is C/C=C\C(=C/c1ccc2c3ccc(C4=C5C=CC=CC5C(C/C=C\C(C)=C/N)c5ccccc54)cc3n(-c3ccccc3)c2c1)c1c2ccccc2c(-c2ccc(C)cn2)c2ccccc12. The van der Waals surface area contributed by atoms with Gasteiger partial charge in [-0.1, -0.05) is 170 Å². The summed E-state index contributed by atoms with van der Waals surface area (Å²) in [7, 11) is 0. The van der Waals surface area contributed by atoms with Gasteiger partial charge in [0, 0.05) is 34.1 Å². The number of nitrogens with zero attached hydrogens (tertiary/aromatic N) is 2. The van der Waals surface area contributed by atoms with Gasteiger partial charge in [-0.15, -0.1) is 0 Å². The Morgan fingerprint density at radius 2 is 1.39 bits per heavy atom. The summed E-state index contributed by atoms with van der Waals surface area (Å²) in [5, 5.41) is 7.26. The smallest absolute Gasteiger partial charge is 0.0714 e. The van der Waals surface area contributed by atoms with Crippen molar-refractivity contribution in [2.75, 3.05) is 0 Å². The molecule has 0 aliphatic heterocycles. The van der Waals surface area contributed by atoms with E-state index in [1.807, 2.05) is 6.20 Å². The van der Waals surface area contributed by atoms with Gasteiger partial charge in [0.2, 0.25) is 0 Å². The van der Waals surface area contributed by atoms with Crippen LogP contribution in [0, 0.1) is 12.8 Å². The second-order valence-electron chi connectivity index (χ2n) is 17.7. The van der Waals surface area contributed by atoms with Gasteiger partial charge in [0.15, 0.2) is 0 Å². The van der Waals surface area contributed by atoms with E-state index in [1.54, 1.807) is 6.20 Å². The van der Waals surface area contributed by atoms with E-state index in [0.717, 1.165) is 40.1 Å². The molecule has 66 heavy (non-hydrogen) atoms. The van der Waals surface area contributed by atoms with Gasteiger partial charge in [-0.3, -0.25) is 4.98 Å². The van der Waals surface area contributed by atoms with E-state index in [4.69, 9.17) is 10.7 Å². The second kappa shape index (κ2) is 17.2. The molecule has 2 unspecified atom stereocenters. The molecule has 2 aromatic heterocycles. The zero-order chi connectivity index (χ0) is 44.7. The minimum Gasteiger partial charge on any atom is -0.404 e. The lowest BCUT2D eigenvalue weighted by atomic mass is 9.67. The standard InChI is InChI=1S/C63H51N3/c1-4-17-44(61-54-25-12-14-27-56(54)63(57-28-15-13-26-55(57)61)58-35-30-42(3)40-65-58)36-43-31-33-50-51-34-32-45(38-60(51)66(59(50)37-43)46-19-6-5-7-20-46)62-52-23-10-8-21-48(52)47(29-16-18-41(2)39-64)49-22-9-11-24-53(49)62/h4-28,30-40,47-48H,29,64H2,1-3H3/b17-4-,18-16-,41-39-,44-36+. The summed E-state index contributed by atoms with van der Waals surface area (Å²) < 4.78 is 2.46. The van der Waals surface area contributed by atoms with E-state index in [-0.39, 0.29) is 5.92 Å². The number of benzene rings is 7. The van der Waals surface area contributed by atoms with Gasteiger partial charge < -0.3 is 10.3 Å². The van der Waals surface area contributed by atoms with Gasteiger partial charge >= 0.3 is 0 Å². The molecule has 0 spiro atoms. The molecule has 0 radical (unpaired) electrons. The molecule has 9 aromatic rings. The molecule has 318 valence electrons. The van der Waals surface area contributed by atoms with Crippen molar-refractivity contribution < 1.29 is 0 Å². The van der Waals surface area contributed by atoms with Crippen LogP contribution in [0.5, 0.6) is 0 Å². The second-order valence-corrected chi connectivity index (χ2v) is 17.7. The minimum atomic E-state index is 0.257. The average molecular weight is 850 g/mol. The Morgan fingerprint density at radius 3 is 2.12 bits per heavy atom. The summed E-state index contributed by atoms with van der Waals surface area (Å²) in [5.41, 5.74) is 23.8. The van der Waals surface area contributed by atoms with E-state index < -0.39 is 0 Å². The van der Waals surface area contributed by atoms with Crippen molar-refractivity contribution in [3.8, 4) is 16.9 Å². The summed E-state index contributed by atoms with van der Waals surface area (Å²) in [6, 6.07) is 55.9. The normalized spacial score (nSPS) is 16.4. The fourth-order valence-electron chi connectivity index (χ4n) is 10.6. The first-order valence-corrected chi connectivity index (χ1v) is 23.1. The van der Waals surface area contributed by atoms with Crippen LogP contribution in [0.1, 0.15) is 59.6 Å². The number of aromatic nitrogens is 2. The van der Waals surface area contributed by atoms with E-state index >= 15 is 0 Å². The number of para-hydroxylation sites is 1. The number of allylic oxidation sites excluding steroid dienone is 11. The highest BCUT2D eigenvalue weighted by Crippen LogP contribution is 2.50. The molecular weight excluding hydrogens is 799 g/mol. The van der Waals surface area contributed by atoms with E-state index in [9.17, 15) is 0 Å². The van der Waals surface area contributed by atoms with Crippen molar-refractivity contribution in [2.24, 2.45) is 11.7 Å². The van der Waals surface area contributed by atoms with Crippen LogP contribution in [-0.2, 0) is 0 Å². The van der Waals surface area contributed by atoms with Crippen LogP contribution in [0.4, 0.5) is 0 Å². The zero-order valence-electron chi connectivity index (χ0n) is 37.6. The first-order chi connectivity index (χ1) is 32.5. The van der Waals surface area contributed by atoms with Crippen LogP contribution in [-0.4, -0.2) is 9.55 Å². The third kappa shape index (κ3) is 7.05. The monoisotopic (exact) mass is 849 g/mol. The van der Waals surface area contributed by atoms with Crippen molar-refractivity contribution in [3.63, 3.8) is 0 Å². The summed E-state index contributed by atoms with van der Waals surface area (Å²) >= 11 is 0. The highest BCUT2D eigenvalue weighted by atomic mass is 15.0. The van der Waals surface area contributed by atoms with Gasteiger partial charge in [0.25, 0.3) is 0 Å². The molecule has 0 saturated carbocycles. The maximum Gasteiger partial charge on any atom is 0.0714 e. The van der Waals surface area contributed by atoms with Crippen molar-refractivity contribution in [3.05, 3.63) is 257 Å². The highest BCUT2D eigenvalue weighted by molar-refractivity contribution is 6.20. The summed E-state index contributed by atoms with van der Waals surface area (Å²) in [5.74, 6) is 0.577. The number of rotatable bonds is 9. The highest BCUT2D eigenvalue weighted by Gasteiger charge is 2.34. The van der Waals surface area contributed by atoms with Crippen molar-refractivity contribution in [1.29, 1.82) is 0 Å². The van der Waals surface area contributed by atoms with Crippen LogP contribution in [0.25, 0.3) is 77.5 Å². The lowest BCUT2D eigenvalue weighted by molar-refractivity contribution is 0.572. The third-order valence-corrected chi connectivity index (χ3v) is 13.6. The first kappa shape index (κ1) is 40.7. The van der Waals surface area contributed by atoms with E-state index in [0.29, 0.717) is 5.92 Å². The molecule has 2 heterocycles. The summed E-state index contributed by atoms with van der Waals surface area (Å²) in [6.45, 7) is 6.25. The van der Waals surface area contributed by atoms with Crippen LogP contribution >= 0.6 is 0 Å². The van der Waals surface area contributed by atoms with E-state index in [1.165, 1.54) is 82.3 Å². The Labute approximate surface area is 387 Å². The lowest BCUT2D eigenvalue weighted by Gasteiger charge is -2.36. The molecule has 11 rings (SSSR count). The van der Waals surface area contributed by atoms with Crippen molar-refractivity contribution >= 4 is 60.6 Å². The largest absolute Gasteiger partial charge is 0.404 e. The Hall–Kier alpha value is -8.01. The molecule has 0 amide bonds. The number of aryl methyl sites for hydroxylation is 1. The fourth-order valence-corrected chi connectivity index (χ4v) is 10.6. The summed E-state index contributed by atoms with van der Waals surface area (Å²) in [4.78, 5) is 4.94. The molecule has 2 atom stereocenters. The van der Waals surface area contributed by atoms with Crippen LogP contribution in [0.2, 0.25) is 0 Å². The Kier molecular flexibility index (Phi) is 10.6. The van der Waals surface area contributed by atoms with Gasteiger partial charge in [0.1, 0.15) is 0 Å². The third-order valence-electron chi connectivity index (χ3n) is 13.6. The topological polar surface area (TPSA) is 43.8 Å². The van der Waals surface area contributed by atoms with Crippen LogP contribution in [0.15, 0.2) is 224 Å². The van der Waals surface area contributed by atoms with Gasteiger partial charge in [0.05, 0.1) is 16.7 Å². The molecule has 7 aromatic carbocycles. The minimum absolute atomic E-state index is 0.257. The molecular formula is C63H51N3. The van der Waals surface area contributed by atoms with Crippen molar-refractivity contribution in [2.45, 2.75) is 33.1 Å². The molecule has 3 heteroatoms. The molecule has 0 saturated heterocycles. The Balaban J connectivity index is 1.10. The molecule has 0 bridgehead atoms. The Morgan fingerprint density at radius 1 is 0.697 bits per heavy atom. The first-order valence-electron chi connectivity index (χ1n) is 23.1. The lowest BCUT2D eigenvalue weighted by Crippen LogP contribution is -2.21. The average Bonchev–Trinajstić information content (AvgIpc) is 3.68. The zero-order valence-corrected chi connectivity index (χ0v) is 37.6. The van der Waals surface area contributed by atoms with Gasteiger partial charge in [-0.2, -0.15) is 0 Å². The predicted octanol–water partition coefficient (Wildman–Crippen LogP) is 16.0. The van der Waals surface area contributed by atoms with Crippen LogP contribution in [0.3, 0.4) is 0 Å². The number of fused-ring (bicyclic) bond motifs is 7. The predicted molar refractivity (Wildman–Crippen MR) is 282 cm³/mol. The number of hydrogen-bond donors (Lipinski definition) is 1. The summed E-state index contributed by atoms with van der Waals surface area (Å²) in [6.07, 6.45) is 24.9. The number of nitrogens with two attached hydrogens (primary N) is 1. The maximum absolute atomic E-state index is 5.83. The number of hydrogen-bond acceptors (Lipinski definition) is 2. The Bertz CT molecular complexity index is 3530. The maximum atomic E-state index is 5.83. The molecule has 2 aliphatic carbocycles. The van der Waals surface area contributed by atoms with Gasteiger partial charge in [-0.05, 0) is 153 Å². The molecule has 2 aliphatic rings. The fraction of sp³-hybridized carbons (Fsp3) is 0.0952. The van der Waals surface area contributed by atoms with Crippen molar-refractivity contribution in [1.82, 2.24) is 9.55 Å². The van der Waals surface area contributed by atoms with Gasteiger partial charge in [-0.25, -0.2) is 0 Å². The quantitative estimate of drug-likeness (QED) is 0.0893.